The highest BCUT2D eigenvalue weighted by atomic mass is 35.5. The molecule has 7 nitrogen and oxygen atoms in total. The number of piperazine rings is 1. The van der Waals surface area contributed by atoms with Gasteiger partial charge in [-0.05, 0) is 24.1 Å². The van der Waals surface area contributed by atoms with Gasteiger partial charge in [-0.3, -0.25) is 19.8 Å². The van der Waals surface area contributed by atoms with E-state index in [9.17, 15) is 14.9 Å². The first-order valence-corrected chi connectivity index (χ1v) is 9.07. The number of non-ortho nitro benzene ring substituents is 1. The maximum atomic E-state index is 12.6. The van der Waals surface area contributed by atoms with Gasteiger partial charge in [0.2, 0.25) is 5.91 Å². The van der Waals surface area contributed by atoms with Crippen molar-refractivity contribution in [3.05, 3.63) is 68.7 Å². The van der Waals surface area contributed by atoms with Crippen LogP contribution in [0.5, 0.6) is 0 Å². The molecule has 0 bridgehead atoms. The Balaban J connectivity index is 0.00000280. The van der Waals surface area contributed by atoms with Gasteiger partial charge in [0, 0.05) is 42.8 Å². The highest BCUT2D eigenvalue weighted by Gasteiger charge is 2.27. The van der Waals surface area contributed by atoms with Crippen molar-refractivity contribution in [3.8, 4) is 0 Å². The standard InChI is InChI=1S/C19H21ClN4O3.ClH/c1-13-6-7-14(24(26)27)10-17(13)22-19(25)12-23-9-8-21-11-18(23)15-4-2-3-5-16(15)20;/h2-7,10,18,21H,8-9,11-12H2,1H3,(H,22,25);1H. The van der Waals surface area contributed by atoms with E-state index in [1.54, 1.807) is 13.0 Å². The van der Waals surface area contributed by atoms with Crippen LogP contribution in [0.15, 0.2) is 42.5 Å². The van der Waals surface area contributed by atoms with Gasteiger partial charge in [0.1, 0.15) is 0 Å². The summed E-state index contributed by atoms with van der Waals surface area (Å²) < 4.78 is 0. The molecule has 150 valence electrons. The van der Waals surface area contributed by atoms with Crippen molar-refractivity contribution < 1.29 is 9.72 Å². The van der Waals surface area contributed by atoms with Crippen LogP contribution in [0, 0.1) is 17.0 Å². The third kappa shape index (κ3) is 5.20. The summed E-state index contributed by atoms with van der Waals surface area (Å²) in [4.78, 5) is 25.2. The third-order valence-electron chi connectivity index (χ3n) is 4.67. The molecule has 1 heterocycles. The Hall–Kier alpha value is -2.19. The molecule has 3 rings (SSSR count). The fourth-order valence-electron chi connectivity index (χ4n) is 3.22. The van der Waals surface area contributed by atoms with Crippen LogP contribution in [0.1, 0.15) is 17.2 Å². The lowest BCUT2D eigenvalue weighted by Gasteiger charge is -2.36. The first-order valence-electron chi connectivity index (χ1n) is 8.70. The zero-order valence-electron chi connectivity index (χ0n) is 15.4. The van der Waals surface area contributed by atoms with Crippen molar-refractivity contribution in [3.63, 3.8) is 0 Å². The molecule has 2 N–H and O–H groups in total. The molecule has 0 saturated carbocycles. The smallest absolute Gasteiger partial charge is 0.271 e. The summed E-state index contributed by atoms with van der Waals surface area (Å²) in [5, 5.41) is 17.8. The van der Waals surface area contributed by atoms with E-state index in [0.29, 0.717) is 23.8 Å². The van der Waals surface area contributed by atoms with Crippen LogP contribution >= 0.6 is 24.0 Å². The van der Waals surface area contributed by atoms with E-state index in [1.807, 2.05) is 24.3 Å². The number of nitro benzene ring substituents is 1. The molecule has 0 aliphatic carbocycles. The zero-order chi connectivity index (χ0) is 19.4. The summed E-state index contributed by atoms with van der Waals surface area (Å²) in [7, 11) is 0. The molecule has 28 heavy (non-hydrogen) atoms. The van der Waals surface area contributed by atoms with E-state index >= 15 is 0 Å². The summed E-state index contributed by atoms with van der Waals surface area (Å²) in [6.07, 6.45) is 0. The number of halogens is 2. The Morgan fingerprint density at radius 1 is 1.36 bits per heavy atom. The Morgan fingerprint density at radius 3 is 2.82 bits per heavy atom. The minimum atomic E-state index is -0.473. The fraction of sp³-hybridized carbons (Fsp3) is 0.316. The second-order valence-electron chi connectivity index (χ2n) is 6.52. The first kappa shape index (κ1) is 22.1. The predicted molar refractivity (Wildman–Crippen MR) is 112 cm³/mol. The summed E-state index contributed by atoms with van der Waals surface area (Å²) in [6, 6.07) is 12.1. The van der Waals surface area contributed by atoms with E-state index in [1.165, 1.54) is 12.1 Å². The molecule has 1 atom stereocenters. The van der Waals surface area contributed by atoms with E-state index < -0.39 is 4.92 Å². The van der Waals surface area contributed by atoms with Crippen molar-refractivity contribution in [1.29, 1.82) is 0 Å². The molecule has 1 aliphatic rings. The summed E-state index contributed by atoms with van der Waals surface area (Å²) in [5.74, 6) is -0.211. The average molecular weight is 425 g/mol. The zero-order valence-corrected chi connectivity index (χ0v) is 16.9. The molecule has 9 heteroatoms. The van der Waals surface area contributed by atoms with Crippen LogP contribution in [0.2, 0.25) is 5.02 Å². The van der Waals surface area contributed by atoms with E-state index in [4.69, 9.17) is 11.6 Å². The maximum Gasteiger partial charge on any atom is 0.271 e. The van der Waals surface area contributed by atoms with Crippen molar-refractivity contribution in [2.75, 3.05) is 31.5 Å². The average Bonchev–Trinajstić information content (AvgIpc) is 2.64. The molecule has 1 fully saturated rings. The Morgan fingerprint density at radius 2 is 2.11 bits per heavy atom. The van der Waals surface area contributed by atoms with Crippen molar-refractivity contribution >= 4 is 41.3 Å². The Kier molecular flexibility index (Phi) is 7.77. The molecule has 1 aliphatic heterocycles. The second kappa shape index (κ2) is 9.84. The molecule has 0 spiro atoms. The van der Waals surface area contributed by atoms with Crippen LogP contribution in [-0.2, 0) is 4.79 Å². The largest absolute Gasteiger partial charge is 0.324 e. The second-order valence-corrected chi connectivity index (χ2v) is 6.92. The highest BCUT2D eigenvalue weighted by Crippen LogP contribution is 2.28. The van der Waals surface area contributed by atoms with Crippen LogP contribution in [0.25, 0.3) is 0 Å². The summed E-state index contributed by atoms with van der Waals surface area (Å²) >= 11 is 6.34. The Labute approximate surface area is 174 Å². The molecule has 1 amide bonds. The van der Waals surface area contributed by atoms with Crippen molar-refractivity contribution in [2.24, 2.45) is 0 Å². The molecular weight excluding hydrogens is 403 g/mol. The van der Waals surface area contributed by atoms with Crippen LogP contribution in [0.3, 0.4) is 0 Å². The maximum absolute atomic E-state index is 12.6. The van der Waals surface area contributed by atoms with Gasteiger partial charge >= 0.3 is 0 Å². The van der Waals surface area contributed by atoms with Gasteiger partial charge in [-0.1, -0.05) is 35.9 Å². The monoisotopic (exact) mass is 424 g/mol. The van der Waals surface area contributed by atoms with E-state index in [-0.39, 0.29) is 36.6 Å². The number of carbonyl (C=O) groups excluding carboxylic acids is 1. The lowest BCUT2D eigenvalue weighted by Crippen LogP contribution is -2.48. The fourth-order valence-corrected chi connectivity index (χ4v) is 3.48. The number of carbonyl (C=O) groups is 1. The van der Waals surface area contributed by atoms with Gasteiger partial charge in [0.15, 0.2) is 0 Å². The summed E-state index contributed by atoms with van der Waals surface area (Å²) in [5.41, 5.74) is 2.16. The molecule has 1 saturated heterocycles. The van der Waals surface area contributed by atoms with Gasteiger partial charge in [0.25, 0.3) is 5.69 Å². The summed E-state index contributed by atoms with van der Waals surface area (Å²) in [6.45, 7) is 4.17. The minimum absolute atomic E-state index is 0. The predicted octanol–water partition coefficient (Wildman–Crippen LogP) is 3.56. The number of hydrogen-bond donors (Lipinski definition) is 2. The van der Waals surface area contributed by atoms with Gasteiger partial charge in [-0.25, -0.2) is 0 Å². The van der Waals surface area contributed by atoms with Crippen LogP contribution < -0.4 is 10.6 Å². The number of amides is 1. The number of benzene rings is 2. The Bertz CT molecular complexity index is 863. The molecular formula is C19H22Cl2N4O3. The quantitative estimate of drug-likeness (QED) is 0.565. The van der Waals surface area contributed by atoms with Gasteiger partial charge in [-0.15, -0.1) is 12.4 Å². The van der Waals surface area contributed by atoms with Gasteiger partial charge in [-0.2, -0.15) is 0 Å². The van der Waals surface area contributed by atoms with Gasteiger partial charge in [0.05, 0.1) is 17.2 Å². The number of nitrogens with one attached hydrogen (secondary N) is 2. The number of aryl methyl sites for hydroxylation is 1. The number of nitrogens with zero attached hydrogens (tertiary/aromatic N) is 2. The van der Waals surface area contributed by atoms with Crippen LogP contribution in [0.4, 0.5) is 11.4 Å². The molecule has 2 aromatic carbocycles. The molecule has 2 aromatic rings. The number of rotatable bonds is 5. The molecule has 0 aromatic heterocycles. The minimum Gasteiger partial charge on any atom is -0.324 e. The first-order chi connectivity index (χ1) is 13.0. The third-order valence-corrected chi connectivity index (χ3v) is 5.02. The number of nitro groups is 1. The molecule has 1 unspecified atom stereocenters. The molecule has 0 radical (unpaired) electrons. The highest BCUT2D eigenvalue weighted by molar-refractivity contribution is 6.31. The number of hydrogen-bond acceptors (Lipinski definition) is 5. The van der Waals surface area contributed by atoms with Gasteiger partial charge < -0.3 is 10.6 Å². The van der Waals surface area contributed by atoms with Crippen molar-refractivity contribution in [1.82, 2.24) is 10.2 Å². The topological polar surface area (TPSA) is 87.5 Å². The van der Waals surface area contributed by atoms with Crippen molar-refractivity contribution in [2.45, 2.75) is 13.0 Å². The van der Waals surface area contributed by atoms with E-state index in [2.05, 4.69) is 15.5 Å². The van der Waals surface area contributed by atoms with Crippen LogP contribution in [-0.4, -0.2) is 41.9 Å². The lowest BCUT2D eigenvalue weighted by molar-refractivity contribution is -0.384. The van der Waals surface area contributed by atoms with E-state index in [0.717, 1.165) is 17.7 Å². The SMILES string of the molecule is Cc1ccc([N+](=O)[O-])cc1NC(=O)CN1CCNCC1c1ccccc1Cl.Cl. The lowest BCUT2D eigenvalue weighted by atomic mass is 10.0. The normalized spacial score (nSPS) is 16.9. The number of anilines is 1.